The maximum atomic E-state index is 7.17. The minimum atomic E-state index is -2.17. The van der Waals surface area contributed by atoms with Gasteiger partial charge in [0.1, 0.15) is 0 Å². The van der Waals surface area contributed by atoms with Crippen LogP contribution in [0.2, 0.25) is 0 Å². The van der Waals surface area contributed by atoms with Crippen LogP contribution < -0.4 is 17.2 Å². The highest BCUT2D eigenvalue weighted by atomic mass is 16.5. The second kappa shape index (κ2) is 71.5. The molecule has 0 heterocycles. The third-order valence-electron chi connectivity index (χ3n) is 12.2. The van der Waals surface area contributed by atoms with E-state index in [1.807, 2.05) is 0 Å². The van der Waals surface area contributed by atoms with Crippen molar-refractivity contribution < 1.29 is 15.1 Å². The number of hydrogen-bond acceptors (Lipinski definition) is 6. The van der Waals surface area contributed by atoms with Crippen molar-refractivity contribution in [3.05, 3.63) is 0 Å². The zero-order valence-electron chi connectivity index (χ0n) is 42.7. The van der Waals surface area contributed by atoms with Crippen molar-refractivity contribution in [1.29, 1.82) is 0 Å². The zero-order valence-corrected chi connectivity index (χ0v) is 42.7. The lowest BCUT2D eigenvalue weighted by molar-refractivity contribution is 0.278. The van der Waals surface area contributed by atoms with Crippen LogP contribution in [-0.2, 0) is 0 Å². The van der Waals surface area contributed by atoms with E-state index < -0.39 is 7.32 Å². The summed E-state index contributed by atoms with van der Waals surface area (Å²) in [6.07, 6.45) is 68.6. The topological polar surface area (TPSA) is 139 Å². The van der Waals surface area contributed by atoms with Crippen molar-refractivity contribution in [3.8, 4) is 0 Å². The minimum Gasteiger partial charge on any atom is -0.402 e. The molecule has 0 atom stereocenters. The van der Waals surface area contributed by atoms with Gasteiger partial charge < -0.3 is 32.3 Å². The summed E-state index contributed by atoms with van der Waals surface area (Å²) in [4.78, 5) is 0. The first kappa shape index (κ1) is 67.4. The highest BCUT2D eigenvalue weighted by molar-refractivity contribution is 6.30. The first-order valence-corrected chi connectivity index (χ1v) is 28.1. The molecule has 372 valence electrons. The molecule has 0 rings (SSSR count). The maximum absolute atomic E-state index is 7.17. The van der Waals surface area contributed by atoms with E-state index in [1.54, 1.807) is 0 Å². The van der Waals surface area contributed by atoms with Crippen LogP contribution in [0.4, 0.5) is 0 Å². The van der Waals surface area contributed by atoms with Gasteiger partial charge in [-0.25, -0.2) is 0 Å². The van der Waals surface area contributed by atoms with E-state index in [9.17, 15) is 0 Å². The van der Waals surface area contributed by atoms with Crippen molar-refractivity contribution in [3.63, 3.8) is 0 Å². The second-order valence-electron chi connectivity index (χ2n) is 18.6. The predicted octanol–water partition coefficient (Wildman–Crippen LogP) is 16.6. The molecule has 0 aromatic carbocycles. The van der Waals surface area contributed by atoms with Gasteiger partial charge in [-0.15, -0.1) is 0 Å². The van der Waals surface area contributed by atoms with E-state index in [-0.39, 0.29) is 0 Å². The molecule has 0 amide bonds. The fourth-order valence-corrected chi connectivity index (χ4v) is 8.08. The third-order valence-corrected chi connectivity index (χ3v) is 12.2. The summed E-state index contributed by atoms with van der Waals surface area (Å²) in [5, 5.41) is 21.5. The lowest BCUT2D eigenvalue weighted by Crippen LogP contribution is -2.07. The van der Waals surface area contributed by atoms with Gasteiger partial charge in [0.05, 0.1) is 0 Å². The van der Waals surface area contributed by atoms with Gasteiger partial charge in [-0.05, 0) is 38.9 Å². The van der Waals surface area contributed by atoms with Crippen LogP contribution >= 0.6 is 0 Å². The molecule has 0 bridgehead atoms. The average molecular weight is 870 g/mol. The number of unbranched alkanes of at least 4 members (excludes halogenated alkanes) is 45. The fourth-order valence-electron chi connectivity index (χ4n) is 8.08. The fraction of sp³-hybridized carbons (Fsp3) is 1.00. The molecule has 0 saturated carbocycles. The predicted molar refractivity (Wildman–Crippen MR) is 278 cm³/mol. The van der Waals surface area contributed by atoms with Crippen molar-refractivity contribution >= 4 is 7.32 Å². The van der Waals surface area contributed by atoms with Gasteiger partial charge in [-0.2, -0.15) is 0 Å². The molecule has 7 heteroatoms. The lowest BCUT2D eigenvalue weighted by atomic mass is 10.0. The van der Waals surface area contributed by atoms with Crippen LogP contribution in [0, 0.1) is 0 Å². The summed E-state index contributed by atoms with van der Waals surface area (Å²) in [5.74, 6) is 0. The summed E-state index contributed by atoms with van der Waals surface area (Å²) in [6, 6.07) is 0. The molecular weight excluding hydrogens is 749 g/mol. The van der Waals surface area contributed by atoms with E-state index >= 15 is 0 Å². The van der Waals surface area contributed by atoms with Gasteiger partial charge in [0.15, 0.2) is 0 Å². The van der Waals surface area contributed by atoms with Crippen LogP contribution in [0.1, 0.15) is 329 Å². The molecule has 0 saturated heterocycles. The van der Waals surface area contributed by atoms with Crippen LogP contribution in [0.5, 0.6) is 0 Å². The van der Waals surface area contributed by atoms with Gasteiger partial charge in [-0.3, -0.25) is 0 Å². The smallest absolute Gasteiger partial charge is 0.402 e. The first-order chi connectivity index (χ1) is 30.0. The van der Waals surface area contributed by atoms with E-state index in [2.05, 4.69) is 20.8 Å². The summed E-state index contributed by atoms with van der Waals surface area (Å²) < 4.78 is 0. The molecule has 0 aliphatic carbocycles. The molecule has 61 heavy (non-hydrogen) atoms. The highest BCUT2D eigenvalue weighted by Crippen LogP contribution is 2.16. The Balaban J connectivity index is -0.000000381. The highest BCUT2D eigenvalue weighted by Gasteiger charge is 1.97. The second-order valence-corrected chi connectivity index (χ2v) is 18.6. The Labute approximate surface area is 386 Å². The van der Waals surface area contributed by atoms with Crippen molar-refractivity contribution in [2.75, 3.05) is 19.6 Å². The summed E-state index contributed by atoms with van der Waals surface area (Å²) in [5.41, 5.74) is 16.4. The van der Waals surface area contributed by atoms with Crippen molar-refractivity contribution in [1.82, 2.24) is 0 Å². The minimum absolute atomic E-state index is 0.873. The van der Waals surface area contributed by atoms with Gasteiger partial charge in [-0.1, -0.05) is 310 Å². The molecule has 0 fully saturated rings. The molecule has 0 aromatic heterocycles. The molecule has 0 aromatic rings. The Morgan fingerprint density at radius 1 is 0.197 bits per heavy atom. The third kappa shape index (κ3) is 87.5. The standard InChI is InChI=1S/3C18H39N.BH3O3/c3*1-2-3-4-5-6-7-8-9-10-11-12-13-14-15-16-17-18-19;2-1(3)4/h3*2-19H2,1H3;2-4H. The van der Waals surface area contributed by atoms with Crippen LogP contribution in [-0.4, -0.2) is 42.0 Å². The molecule has 0 aliphatic rings. The summed E-state index contributed by atoms with van der Waals surface area (Å²) in [7, 11) is -2.17. The molecule has 0 aliphatic heterocycles. The number of hydrogen-bond donors (Lipinski definition) is 6. The van der Waals surface area contributed by atoms with Crippen molar-refractivity contribution in [2.24, 2.45) is 17.2 Å². The quantitative estimate of drug-likeness (QED) is 0.0266. The Kier molecular flexibility index (Phi) is 79.0. The number of rotatable bonds is 48. The van der Waals surface area contributed by atoms with Gasteiger partial charge in [0.25, 0.3) is 0 Å². The average Bonchev–Trinajstić information content (AvgIpc) is 3.25. The van der Waals surface area contributed by atoms with Crippen molar-refractivity contribution in [2.45, 2.75) is 329 Å². The Morgan fingerprint density at radius 3 is 0.361 bits per heavy atom. The van der Waals surface area contributed by atoms with Crippen LogP contribution in [0.15, 0.2) is 0 Å². The Hall–Kier alpha value is -0.175. The molecule has 0 radical (unpaired) electrons. The Bertz CT molecular complexity index is 529. The van der Waals surface area contributed by atoms with Crippen LogP contribution in [0.25, 0.3) is 0 Å². The molecule has 9 N–H and O–H groups in total. The molecule has 0 spiro atoms. The first-order valence-electron chi connectivity index (χ1n) is 28.1. The maximum Gasteiger partial charge on any atom is 0.631 e. The summed E-state index contributed by atoms with van der Waals surface area (Å²) in [6.45, 7) is 9.49. The van der Waals surface area contributed by atoms with Gasteiger partial charge in [0, 0.05) is 0 Å². The van der Waals surface area contributed by atoms with E-state index in [0.29, 0.717) is 0 Å². The normalized spacial score (nSPS) is 10.8. The largest absolute Gasteiger partial charge is 0.631 e. The van der Waals surface area contributed by atoms with Crippen LogP contribution in [0.3, 0.4) is 0 Å². The van der Waals surface area contributed by atoms with Gasteiger partial charge >= 0.3 is 7.32 Å². The Morgan fingerprint density at radius 2 is 0.279 bits per heavy atom. The molecule has 0 unspecified atom stereocenters. The number of nitrogens with two attached hydrogens (primary N) is 3. The van der Waals surface area contributed by atoms with E-state index in [0.717, 1.165) is 19.6 Å². The molecule has 6 nitrogen and oxygen atoms in total. The van der Waals surface area contributed by atoms with E-state index in [1.165, 1.54) is 308 Å². The lowest BCUT2D eigenvalue weighted by Gasteiger charge is -2.03. The zero-order chi connectivity index (χ0) is 45.6. The summed E-state index contributed by atoms with van der Waals surface area (Å²) >= 11 is 0. The monoisotopic (exact) mass is 870 g/mol. The SMILES string of the molecule is CCCCCCCCCCCCCCCCCCN.CCCCCCCCCCCCCCCCCCN.CCCCCCCCCCCCCCCCCCN.OB(O)O. The van der Waals surface area contributed by atoms with E-state index in [4.69, 9.17) is 32.3 Å². The van der Waals surface area contributed by atoms with Gasteiger partial charge in [0.2, 0.25) is 0 Å². The molecular formula is C54H120BN3O3.